The number of unbranched alkanes of at least 4 members (excludes halogenated alkanes) is 6. The van der Waals surface area contributed by atoms with Crippen LogP contribution in [0.25, 0.3) is 0 Å². The van der Waals surface area contributed by atoms with E-state index < -0.39 is 5.97 Å². The van der Waals surface area contributed by atoms with E-state index in [0.717, 1.165) is 12.8 Å². The number of hydrogen-bond acceptors (Lipinski definition) is 4. The predicted octanol–water partition coefficient (Wildman–Crippen LogP) is 5.45. The van der Waals surface area contributed by atoms with Crippen molar-refractivity contribution in [1.29, 1.82) is 0 Å². The Morgan fingerprint density at radius 2 is 1.60 bits per heavy atom. The van der Waals surface area contributed by atoms with Crippen molar-refractivity contribution >= 4 is 5.97 Å². The minimum atomic E-state index is -0.470. The summed E-state index contributed by atoms with van der Waals surface area (Å²) in [6.07, 6.45) is 10.3. The van der Waals surface area contributed by atoms with Crippen molar-refractivity contribution < 1.29 is 19.7 Å². The molecule has 1 aromatic carbocycles. The number of rotatable bonds is 14. The van der Waals surface area contributed by atoms with Crippen LogP contribution in [0.1, 0.15) is 88.4 Å². The van der Waals surface area contributed by atoms with E-state index >= 15 is 0 Å². The molecule has 0 aliphatic heterocycles. The average molecular weight is 350 g/mol. The third kappa shape index (κ3) is 11.0. The summed E-state index contributed by atoms with van der Waals surface area (Å²) in [7, 11) is 0. The fourth-order valence-electron chi connectivity index (χ4n) is 2.73. The molecule has 1 aromatic rings. The van der Waals surface area contributed by atoms with Crippen LogP contribution in [-0.4, -0.2) is 23.3 Å². The molecule has 0 aliphatic carbocycles. The van der Waals surface area contributed by atoms with Crippen LogP contribution in [0.5, 0.6) is 0 Å². The van der Waals surface area contributed by atoms with Crippen molar-refractivity contribution in [3.8, 4) is 0 Å². The van der Waals surface area contributed by atoms with E-state index in [1.165, 1.54) is 38.5 Å². The molecular weight excluding hydrogens is 316 g/mol. The van der Waals surface area contributed by atoms with Gasteiger partial charge in [0.25, 0.3) is 0 Å². The Kier molecular flexibility index (Phi) is 12.0. The summed E-state index contributed by atoms with van der Waals surface area (Å²) in [4.78, 5) is 22.4. The molecule has 0 heterocycles. The molecule has 0 spiro atoms. The Balaban J connectivity index is 2.30. The number of hydrogen-bond donors (Lipinski definition) is 1. The fraction of sp³-hybridized carbons (Fsp3) is 0.667. The summed E-state index contributed by atoms with van der Waals surface area (Å²) >= 11 is 0. The van der Waals surface area contributed by atoms with Gasteiger partial charge in [0.1, 0.15) is 6.10 Å². The molecule has 1 rings (SSSR count). The standard InChI is InChI=1S/C21H34O4/c1-3-4-5-6-7-8-12-15-20(17-16-18(2)22)24-25-21(23)19-13-10-9-11-14-19/h9-11,13-14,18,20,22H,3-8,12,15-17H2,1-2H3. The van der Waals surface area contributed by atoms with Crippen molar-refractivity contribution in [3.63, 3.8) is 0 Å². The van der Waals surface area contributed by atoms with Crippen LogP contribution in [0.4, 0.5) is 0 Å². The number of aliphatic hydroxyl groups is 1. The van der Waals surface area contributed by atoms with Crippen molar-refractivity contribution in [2.24, 2.45) is 0 Å². The second-order valence-electron chi connectivity index (χ2n) is 6.79. The Labute approximate surface area is 152 Å². The van der Waals surface area contributed by atoms with Gasteiger partial charge < -0.3 is 5.11 Å². The first-order valence-electron chi connectivity index (χ1n) is 9.74. The highest BCUT2D eigenvalue weighted by molar-refractivity contribution is 5.88. The van der Waals surface area contributed by atoms with E-state index in [4.69, 9.17) is 9.78 Å². The summed E-state index contributed by atoms with van der Waals surface area (Å²) < 4.78 is 0. The Morgan fingerprint density at radius 1 is 0.960 bits per heavy atom. The normalized spacial score (nSPS) is 13.4. The van der Waals surface area contributed by atoms with E-state index in [1.807, 2.05) is 6.07 Å². The lowest BCUT2D eigenvalue weighted by atomic mass is 10.0. The van der Waals surface area contributed by atoms with Crippen LogP contribution in [0, 0.1) is 0 Å². The molecule has 4 heteroatoms. The lowest BCUT2D eigenvalue weighted by molar-refractivity contribution is -0.277. The molecule has 2 unspecified atom stereocenters. The third-order valence-electron chi connectivity index (χ3n) is 4.31. The zero-order chi connectivity index (χ0) is 18.3. The largest absolute Gasteiger partial charge is 0.393 e. The summed E-state index contributed by atoms with van der Waals surface area (Å²) in [5, 5.41) is 9.49. The van der Waals surface area contributed by atoms with Gasteiger partial charge in [-0.3, -0.25) is 4.89 Å². The maximum Gasteiger partial charge on any atom is 0.373 e. The molecule has 1 N–H and O–H groups in total. The first-order chi connectivity index (χ1) is 12.1. The van der Waals surface area contributed by atoms with E-state index in [2.05, 4.69) is 6.92 Å². The second-order valence-corrected chi connectivity index (χ2v) is 6.79. The van der Waals surface area contributed by atoms with Crippen LogP contribution in [-0.2, 0) is 9.78 Å². The first kappa shape index (κ1) is 21.7. The molecule has 2 atom stereocenters. The monoisotopic (exact) mass is 350 g/mol. The van der Waals surface area contributed by atoms with Crippen LogP contribution in [0.3, 0.4) is 0 Å². The lowest BCUT2D eigenvalue weighted by Crippen LogP contribution is -2.18. The van der Waals surface area contributed by atoms with Crippen LogP contribution in [0.2, 0.25) is 0 Å². The van der Waals surface area contributed by atoms with E-state index in [0.29, 0.717) is 18.4 Å². The maximum atomic E-state index is 12.0. The molecule has 0 aliphatic rings. The van der Waals surface area contributed by atoms with Crippen molar-refractivity contribution in [2.45, 2.75) is 90.3 Å². The minimum Gasteiger partial charge on any atom is -0.393 e. The van der Waals surface area contributed by atoms with Crippen LogP contribution >= 0.6 is 0 Å². The van der Waals surface area contributed by atoms with Crippen molar-refractivity contribution in [3.05, 3.63) is 35.9 Å². The molecule has 0 aromatic heterocycles. The topological polar surface area (TPSA) is 55.8 Å². The van der Waals surface area contributed by atoms with Crippen LogP contribution < -0.4 is 0 Å². The molecular formula is C21H34O4. The number of carbonyl (C=O) groups is 1. The smallest absolute Gasteiger partial charge is 0.373 e. The summed E-state index contributed by atoms with van der Waals surface area (Å²) in [5.74, 6) is -0.470. The molecule has 25 heavy (non-hydrogen) atoms. The molecule has 0 saturated heterocycles. The number of aliphatic hydroxyl groups excluding tert-OH is 1. The molecule has 0 fully saturated rings. The van der Waals surface area contributed by atoms with Gasteiger partial charge in [0.2, 0.25) is 0 Å². The van der Waals surface area contributed by atoms with Gasteiger partial charge in [-0.2, -0.15) is 4.89 Å². The van der Waals surface area contributed by atoms with Gasteiger partial charge in [-0.05, 0) is 38.3 Å². The highest BCUT2D eigenvalue weighted by atomic mass is 17.2. The average Bonchev–Trinajstić information content (AvgIpc) is 2.62. The van der Waals surface area contributed by atoms with Gasteiger partial charge in [0.05, 0.1) is 11.7 Å². The quantitative estimate of drug-likeness (QED) is 0.275. The van der Waals surface area contributed by atoms with E-state index in [1.54, 1.807) is 31.2 Å². The predicted molar refractivity (Wildman–Crippen MR) is 100 cm³/mol. The summed E-state index contributed by atoms with van der Waals surface area (Å²) in [5.41, 5.74) is 0.479. The Hall–Kier alpha value is -1.39. The SMILES string of the molecule is CCCCCCCCCC(CCC(C)O)OOC(=O)c1ccccc1. The lowest BCUT2D eigenvalue weighted by Gasteiger charge is -2.17. The molecule has 0 amide bonds. The Bertz CT molecular complexity index is 444. The highest BCUT2D eigenvalue weighted by Crippen LogP contribution is 2.16. The maximum absolute atomic E-state index is 12.0. The molecule has 0 bridgehead atoms. The van der Waals surface area contributed by atoms with Gasteiger partial charge in [0, 0.05) is 0 Å². The summed E-state index contributed by atoms with van der Waals surface area (Å²) in [6.45, 7) is 3.99. The zero-order valence-electron chi connectivity index (χ0n) is 15.8. The minimum absolute atomic E-state index is 0.155. The van der Waals surface area contributed by atoms with E-state index in [9.17, 15) is 9.90 Å². The van der Waals surface area contributed by atoms with Crippen molar-refractivity contribution in [1.82, 2.24) is 0 Å². The summed E-state index contributed by atoms with van der Waals surface area (Å²) in [6, 6.07) is 8.84. The van der Waals surface area contributed by atoms with E-state index in [-0.39, 0.29) is 12.2 Å². The van der Waals surface area contributed by atoms with Gasteiger partial charge in [-0.15, -0.1) is 0 Å². The first-order valence-corrected chi connectivity index (χ1v) is 9.74. The Morgan fingerprint density at radius 3 is 2.24 bits per heavy atom. The molecule has 4 nitrogen and oxygen atoms in total. The number of benzene rings is 1. The van der Waals surface area contributed by atoms with Gasteiger partial charge in [0.15, 0.2) is 0 Å². The second kappa shape index (κ2) is 13.9. The van der Waals surface area contributed by atoms with Crippen LogP contribution in [0.15, 0.2) is 30.3 Å². The van der Waals surface area contributed by atoms with Crippen molar-refractivity contribution in [2.75, 3.05) is 0 Å². The van der Waals surface area contributed by atoms with Gasteiger partial charge >= 0.3 is 5.97 Å². The fourth-order valence-corrected chi connectivity index (χ4v) is 2.73. The third-order valence-corrected chi connectivity index (χ3v) is 4.31. The molecule has 142 valence electrons. The number of carbonyl (C=O) groups excluding carboxylic acids is 1. The molecule has 0 saturated carbocycles. The highest BCUT2D eigenvalue weighted by Gasteiger charge is 2.15. The molecule has 0 radical (unpaired) electrons. The van der Waals surface area contributed by atoms with Gasteiger partial charge in [-0.25, -0.2) is 4.79 Å². The van der Waals surface area contributed by atoms with Gasteiger partial charge in [-0.1, -0.05) is 70.1 Å². The zero-order valence-corrected chi connectivity index (χ0v) is 15.8.